The molecule has 1 atom stereocenters. The Morgan fingerprint density at radius 2 is 2.04 bits per heavy atom. The largest absolute Gasteiger partial charge is 0.481 e. The summed E-state index contributed by atoms with van der Waals surface area (Å²) in [5, 5.41) is 4.89. The number of nitrogens with one attached hydrogen (secondary N) is 1. The third-order valence-corrected chi connectivity index (χ3v) is 4.98. The fourth-order valence-electron chi connectivity index (χ4n) is 2.78. The summed E-state index contributed by atoms with van der Waals surface area (Å²) in [5.74, 6) is 0.500. The summed E-state index contributed by atoms with van der Waals surface area (Å²) in [4.78, 5) is 17.9. The smallest absolute Gasteiger partial charge is 0.265 e. The van der Waals surface area contributed by atoms with Gasteiger partial charge in [0, 0.05) is 29.0 Å². The molecule has 0 radical (unpaired) electrons. The van der Waals surface area contributed by atoms with Gasteiger partial charge in [0.25, 0.3) is 5.91 Å². The second-order valence-corrected chi connectivity index (χ2v) is 7.24. The van der Waals surface area contributed by atoms with Crippen molar-refractivity contribution in [2.24, 2.45) is 0 Å². The molecule has 2 aromatic carbocycles. The van der Waals surface area contributed by atoms with E-state index in [1.807, 2.05) is 77.6 Å². The minimum Gasteiger partial charge on any atom is -0.481 e. The van der Waals surface area contributed by atoms with E-state index in [-0.39, 0.29) is 5.91 Å². The Bertz CT molecular complexity index is 1050. The third-order valence-electron chi connectivity index (χ3n) is 4.21. The Kier molecular flexibility index (Phi) is 4.64. The molecule has 5 nitrogen and oxygen atoms in total. The molecule has 0 fully saturated rings. The first-order chi connectivity index (χ1) is 13.1. The van der Waals surface area contributed by atoms with Crippen molar-refractivity contribution in [1.29, 1.82) is 0 Å². The van der Waals surface area contributed by atoms with E-state index in [4.69, 9.17) is 4.74 Å². The molecule has 0 aliphatic heterocycles. The number of benzene rings is 2. The number of ether oxygens (including phenoxy) is 1. The van der Waals surface area contributed by atoms with Crippen LogP contribution in [0.4, 0.5) is 5.69 Å². The third kappa shape index (κ3) is 3.85. The van der Waals surface area contributed by atoms with E-state index in [1.54, 1.807) is 18.3 Å². The maximum Gasteiger partial charge on any atom is 0.265 e. The van der Waals surface area contributed by atoms with Crippen molar-refractivity contribution in [3.63, 3.8) is 0 Å². The fraction of sp³-hybridized carbons (Fsp3) is 0.143. The quantitative estimate of drug-likeness (QED) is 0.545. The first-order valence-corrected chi connectivity index (χ1v) is 9.53. The molecule has 4 aromatic rings. The van der Waals surface area contributed by atoms with Gasteiger partial charge >= 0.3 is 0 Å². The molecule has 4 rings (SSSR count). The molecule has 136 valence electrons. The summed E-state index contributed by atoms with van der Waals surface area (Å²) in [6.07, 6.45) is 3.39. The molecular formula is C21H19N3O2S. The van der Waals surface area contributed by atoms with Crippen LogP contribution in [-0.2, 0) is 4.79 Å². The maximum atomic E-state index is 12.4. The molecule has 0 bridgehead atoms. The number of nitrogens with zero attached hydrogens (tertiary/aromatic N) is 2. The molecule has 1 N–H and O–H groups in total. The van der Waals surface area contributed by atoms with Crippen molar-refractivity contribution in [2.45, 2.75) is 20.0 Å². The number of anilines is 1. The average Bonchev–Trinajstić information content (AvgIpc) is 3.24. The van der Waals surface area contributed by atoms with Gasteiger partial charge in [-0.3, -0.25) is 9.20 Å². The zero-order valence-corrected chi connectivity index (χ0v) is 15.9. The van der Waals surface area contributed by atoms with Gasteiger partial charge in [0.1, 0.15) is 5.75 Å². The summed E-state index contributed by atoms with van der Waals surface area (Å²) >= 11 is 1.60. The van der Waals surface area contributed by atoms with E-state index >= 15 is 0 Å². The van der Waals surface area contributed by atoms with Crippen LogP contribution in [0.1, 0.15) is 12.5 Å². The molecule has 0 aliphatic rings. The second kappa shape index (κ2) is 7.25. The fourth-order valence-corrected chi connectivity index (χ4v) is 3.48. The number of amides is 1. The monoisotopic (exact) mass is 377 g/mol. The molecule has 27 heavy (non-hydrogen) atoms. The lowest BCUT2D eigenvalue weighted by molar-refractivity contribution is -0.122. The first kappa shape index (κ1) is 17.3. The lowest BCUT2D eigenvalue weighted by atomic mass is 10.1. The highest BCUT2D eigenvalue weighted by molar-refractivity contribution is 7.15. The number of imidazole rings is 1. The molecule has 0 aliphatic carbocycles. The molecule has 0 saturated heterocycles. The van der Waals surface area contributed by atoms with Crippen LogP contribution >= 0.6 is 11.3 Å². The van der Waals surface area contributed by atoms with Crippen LogP contribution in [0.25, 0.3) is 16.2 Å². The van der Waals surface area contributed by atoms with E-state index in [0.29, 0.717) is 5.75 Å². The average molecular weight is 377 g/mol. The zero-order chi connectivity index (χ0) is 18.8. The van der Waals surface area contributed by atoms with E-state index < -0.39 is 6.10 Å². The predicted molar refractivity (Wildman–Crippen MR) is 108 cm³/mol. The Balaban J connectivity index is 1.41. The van der Waals surface area contributed by atoms with Crippen LogP contribution < -0.4 is 10.1 Å². The molecule has 1 amide bonds. The van der Waals surface area contributed by atoms with Crippen molar-refractivity contribution in [3.05, 3.63) is 71.9 Å². The molecule has 0 saturated carbocycles. The van der Waals surface area contributed by atoms with Gasteiger partial charge < -0.3 is 10.1 Å². The van der Waals surface area contributed by atoms with Gasteiger partial charge in [-0.15, -0.1) is 11.3 Å². The van der Waals surface area contributed by atoms with Crippen molar-refractivity contribution >= 4 is 27.9 Å². The molecule has 2 heterocycles. The number of carbonyl (C=O) groups excluding carboxylic acids is 1. The number of hydrogen-bond donors (Lipinski definition) is 1. The van der Waals surface area contributed by atoms with Gasteiger partial charge in [0.2, 0.25) is 0 Å². The number of rotatable bonds is 5. The second-order valence-electron chi connectivity index (χ2n) is 6.36. The van der Waals surface area contributed by atoms with Crippen LogP contribution in [0.5, 0.6) is 5.75 Å². The van der Waals surface area contributed by atoms with Gasteiger partial charge in [0.05, 0.1) is 5.69 Å². The Hall–Kier alpha value is -3.12. The molecule has 2 aromatic heterocycles. The SMILES string of the molecule is Cc1cccc(OC(C)C(=O)Nc2ccc(-c3cn4ccsc4n3)cc2)c1. The normalized spacial score (nSPS) is 12.1. The number of thiazole rings is 1. The maximum absolute atomic E-state index is 12.4. The predicted octanol–water partition coefficient (Wildman–Crippen LogP) is 4.78. The van der Waals surface area contributed by atoms with E-state index in [2.05, 4.69) is 10.3 Å². The topological polar surface area (TPSA) is 55.6 Å². The van der Waals surface area contributed by atoms with Crippen LogP contribution in [0, 0.1) is 6.92 Å². The molecule has 0 spiro atoms. The van der Waals surface area contributed by atoms with Gasteiger partial charge in [-0.05, 0) is 43.7 Å². The van der Waals surface area contributed by atoms with E-state index in [0.717, 1.165) is 27.5 Å². The zero-order valence-electron chi connectivity index (χ0n) is 15.0. The van der Waals surface area contributed by atoms with Gasteiger partial charge in [-0.2, -0.15) is 0 Å². The van der Waals surface area contributed by atoms with Crippen molar-refractivity contribution in [1.82, 2.24) is 9.38 Å². The standard InChI is InChI=1S/C21H19N3O2S/c1-14-4-3-5-18(12-14)26-15(2)20(25)22-17-8-6-16(7-9-17)19-13-24-10-11-27-21(24)23-19/h3-13,15H,1-2H3,(H,22,25). The lowest BCUT2D eigenvalue weighted by Crippen LogP contribution is -2.30. The number of hydrogen-bond acceptors (Lipinski definition) is 4. The summed E-state index contributed by atoms with van der Waals surface area (Å²) in [6.45, 7) is 3.73. The van der Waals surface area contributed by atoms with Crippen molar-refractivity contribution < 1.29 is 9.53 Å². The highest BCUT2D eigenvalue weighted by Gasteiger charge is 2.15. The summed E-state index contributed by atoms with van der Waals surface area (Å²) in [7, 11) is 0. The lowest BCUT2D eigenvalue weighted by Gasteiger charge is -2.15. The Morgan fingerprint density at radius 1 is 1.22 bits per heavy atom. The number of aromatic nitrogens is 2. The van der Waals surface area contributed by atoms with Crippen LogP contribution in [-0.4, -0.2) is 21.4 Å². The first-order valence-electron chi connectivity index (χ1n) is 8.65. The summed E-state index contributed by atoms with van der Waals surface area (Å²) in [6, 6.07) is 15.3. The highest BCUT2D eigenvalue weighted by Crippen LogP contribution is 2.23. The van der Waals surface area contributed by atoms with Crippen LogP contribution in [0.15, 0.2) is 66.3 Å². The van der Waals surface area contributed by atoms with Crippen LogP contribution in [0.3, 0.4) is 0 Å². The number of carbonyl (C=O) groups is 1. The Labute approximate surface area is 161 Å². The number of fused-ring (bicyclic) bond motifs is 1. The van der Waals surface area contributed by atoms with Gasteiger partial charge in [0.15, 0.2) is 11.1 Å². The molecule has 6 heteroatoms. The minimum absolute atomic E-state index is 0.188. The molecule has 1 unspecified atom stereocenters. The Morgan fingerprint density at radius 3 is 2.78 bits per heavy atom. The van der Waals surface area contributed by atoms with Crippen molar-refractivity contribution in [2.75, 3.05) is 5.32 Å². The van der Waals surface area contributed by atoms with Gasteiger partial charge in [-0.25, -0.2) is 4.98 Å². The molecular weight excluding hydrogens is 358 g/mol. The van der Waals surface area contributed by atoms with Crippen LogP contribution in [0.2, 0.25) is 0 Å². The van der Waals surface area contributed by atoms with E-state index in [9.17, 15) is 4.79 Å². The summed E-state index contributed by atoms with van der Waals surface area (Å²) in [5.41, 5.74) is 3.74. The highest BCUT2D eigenvalue weighted by atomic mass is 32.1. The number of aryl methyl sites for hydroxylation is 1. The van der Waals surface area contributed by atoms with E-state index in [1.165, 1.54) is 0 Å². The summed E-state index contributed by atoms with van der Waals surface area (Å²) < 4.78 is 7.72. The van der Waals surface area contributed by atoms with Crippen molar-refractivity contribution in [3.8, 4) is 17.0 Å². The van der Waals surface area contributed by atoms with Gasteiger partial charge in [-0.1, -0.05) is 24.3 Å². The minimum atomic E-state index is -0.591.